The average molecular weight is 418 g/mol. The van der Waals surface area contributed by atoms with Gasteiger partial charge >= 0.3 is 0 Å². The van der Waals surface area contributed by atoms with E-state index in [1.165, 1.54) is 7.05 Å². The molecule has 8 heteroatoms. The minimum Gasteiger partial charge on any atom is -0.496 e. The first kappa shape index (κ1) is 20.3. The van der Waals surface area contributed by atoms with Crippen LogP contribution in [-0.2, 0) is 6.54 Å². The number of fused-ring (bicyclic) bond motifs is 1. The van der Waals surface area contributed by atoms with E-state index < -0.39 is 11.5 Å². The van der Waals surface area contributed by atoms with E-state index in [2.05, 4.69) is 15.5 Å². The van der Waals surface area contributed by atoms with Crippen LogP contribution in [0.3, 0.4) is 0 Å². The van der Waals surface area contributed by atoms with Crippen molar-refractivity contribution in [3.05, 3.63) is 75.7 Å². The van der Waals surface area contributed by atoms with Crippen LogP contribution in [0.25, 0.3) is 22.0 Å². The molecule has 0 spiro atoms. The van der Waals surface area contributed by atoms with E-state index in [0.29, 0.717) is 28.1 Å². The Morgan fingerprint density at radius 1 is 1.23 bits per heavy atom. The monoisotopic (exact) mass is 418 g/mol. The highest BCUT2D eigenvalue weighted by Gasteiger charge is 2.21. The molecule has 158 valence electrons. The zero-order valence-corrected chi connectivity index (χ0v) is 17.7. The number of hydrogen-bond acceptors (Lipinski definition) is 6. The molecule has 31 heavy (non-hydrogen) atoms. The first-order valence-corrected chi connectivity index (χ1v) is 9.75. The molecule has 0 unspecified atom stereocenters. The summed E-state index contributed by atoms with van der Waals surface area (Å²) in [4.78, 5) is 30.0. The fourth-order valence-corrected chi connectivity index (χ4v) is 3.75. The Labute approximate surface area is 178 Å². The minimum atomic E-state index is -0.448. The fraction of sp³-hybridized carbons (Fsp3) is 0.217. The van der Waals surface area contributed by atoms with E-state index in [9.17, 15) is 9.59 Å². The largest absolute Gasteiger partial charge is 0.496 e. The number of ether oxygens (including phenoxy) is 1. The molecule has 1 amide bonds. The van der Waals surface area contributed by atoms with Gasteiger partial charge in [-0.15, -0.1) is 0 Å². The Morgan fingerprint density at radius 2 is 2.03 bits per heavy atom. The summed E-state index contributed by atoms with van der Waals surface area (Å²) < 4.78 is 12.5. The summed E-state index contributed by atoms with van der Waals surface area (Å²) in [6, 6.07) is 10.8. The second-order valence-electron chi connectivity index (χ2n) is 7.16. The maximum absolute atomic E-state index is 13.2. The first-order valence-electron chi connectivity index (χ1n) is 9.75. The van der Waals surface area contributed by atoms with E-state index in [4.69, 9.17) is 9.26 Å². The predicted octanol–water partition coefficient (Wildman–Crippen LogP) is 3.08. The van der Waals surface area contributed by atoms with Crippen LogP contribution in [0.5, 0.6) is 5.75 Å². The molecule has 0 aliphatic rings. The molecule has 0 aliphatic heterocycles. The average Bonchev–Trinajstić information content (AvgIpc) is 3.12. The summed E-state index contributed by atoms with van der Waals surface area (Å²) in [5.41, 5.74) is 3.32. The molecular formula is C23H22N4O4. The summed E-state index contributed by atoms with van der Waals surface area (Å²) in [7, 11) is 3.07. The van der Waals surface area contributed by atoms with Gasteiger partial charge in [0.05, 0.1) is 36.1 Å². The van der Waals surface area contributed by atoms with Gasteiger partial charge in [-0.05, 0) is 38.1 Å². The second kappa shape index (κ2) is 8.06. The summed E-state index contributed by atoms with van der Waals surface area (Å²) >= 11 is 0. The third-order valence-electron chi connectivity index (χ3n) is 5.24. The van der Waals surface area contributed by atoms with Gasteiger partial charge in [-0.25, -0.2) is 0 Å². The van der Waals surface area contributed by atoms with Gasteiger partial charge in [-0.3, -0.25) is 14.6 Å². The van der Waals surface area contributed by atoms with Crippen LogP contribution < -0.4 is 15.6 Å². The highest BCUT2D eigenvalue weighted by Crippen LogP contribution is 2.37. The Hall–Kier alpha value is -3.94. The molecule has 3 aromatic heterocycles. The second-order valence-corrected chi connectivity index (χ2v) is 7.16. The van der Waals surface area contributed by atoms with Gasteiger partial charge in [0.15, 0.2) is 0 Å². The lowest BCUT2D eigenvalue weighted by Crippen LogP contribution is -2.32. The maximum Gasteiger partial charge on any atom is 0.264 e. The van der Waals surface area contributed by atoms with Crippen molar-refractivity contribution in [3.63, 3.8) is 0 Å². The molecule has 4 rings (SSSR count). The number of carbonyl (C=O) groups is 1. The first-order chi connectivity index (χ1) is 14.9. The van der Waals surface area contributed by atoms with Crippen LogP contribution in [0.1, 0.15) is 27.5 Å². The van der Waals surface area contributed by atoms with Crippen LogP contribution in [0, 0.1) is 13.8 Å². The number of aryl methyl sites for hydroxylation is 2. The number of methoxy groups -OCH3 is 1. The van der Waals surface area contributed by atoms with Gasteiger partial charge in [-0.1, -0.05) is 11.2 Å². The molecule has 1 aromatic carbocycles. The van der Waals surface area contributed by atoms with Gasteiger partial charge in [0, 0.05) is 30.3 Å². The Kier molecular flexibility index (Phi) is 5.29. The van der Waals surface area contributed by atoms with Crippen molar-refractivity contribution in [3.8, 4) is 16.9 Å². The molecule has 0 saturated carbocycles. The highest BCUT2D eigenvalue weighted by molar-refractivity contribution is 5.98. The number of pyridine rings is 2. The SMILES string of the molecule is CNC(=O)c1cc2cc(-c3c(C)noc3C)c(OC)cc2n(Cc2ccccn2)c1=O. The molecule has 3 heterocycles. The molecule has 0 aliphatic carbocycles. The Morgan fingerprint density at radius 3 is 2.65 bits per heavy atom. The number of hydrogen-bond donors (Lipinski definition) is 1. The van der Waals surface area contributed by atoms with E-state index in [-0.39, 0.29) is 12.1 Å². The molecule has 0 saturated heterocycles. The van der Waals surface area contributed by atoms with Crippen LogP contribution in [0.15, 0.2) is 51.9 Å². The summed E-state index contributed by atoms with van der Waals surface area (Å²) in [5, 5.41) is 7.29. The topological polar surface area (TPSA) is 99.2 Å². The summed E-state index contributed by atoms with van der Waals surface area (Å²) in [5.74, 6) is 0.781. The standard InChI is InChI=1S/C23H22N4O4/c1-13-21(14(2)31-26-13)17-9-15-10-18(22(28)24-3)23(29)27(19(15)11-20(17)30-4)12-16-7-5-6-8-25-16/h5-11H,12H2,1-4H3,(H,24,28). The van der Waals surface area contributed by atoms with Crippen molar-refractivity contribution >= 4 is 16.8 Å². The fourth-order valence-electron chi connectivity index (χ4n) is 3.75. The van der Waals surface area contributed by atoms with Crippen molar-refractivity contribution in [1.29, 1.82) is 0 Å². The third-order valence-corrected chi connectivity index (χ3v) is 5.24. The number of aromatic nitrogens is 3. The van der Waals surface area contributed by atoms with E-state index >= 15 is 0 Å². The van der Waals surface area contributed by atoms with E-state index in [1.54, 1.807) is 30.0 Å². The van der Waals surface area contributed by atoms with Gasteiger partial charge in [0.25, 0.3) is 11.5 Å². The smallest absolute Gasteiger partial charge is 0.264 e. The number of rotatable bonds is 5. The third kappa shape index (κ3) is 3.56. The van der Waals surface area contributed by atoms with Crippen LogP contribution in [0.4, 0.5) is 0 Å². The molecule has 0 bridgehead atoms. The number of nitrogens with one attached hydrogen (secondary N) is 1. The number of amides is 1. The molecule has 1 N–H and O–H groups in total. The Balaban J connectivity index is 2.04. The van der Waals surface area contributed by atoms with Crippen LogP contribution in [0.2, 0.25) is 0 Å². The van der Waals surface area contributed by atoms with Crippen molar-refractivity contribution in [1.82, 2.24) is 20.0 Å². The molecule has 0 atom stereocenters. The molecule has 4 aromatic rings. The molecular weight excluding hydrogens is 396 g/mol. The minimum absolute atomic E-state index is 0.0563. The zero-order chi connectivity index (χ0) is 22.1. The summed E-state index contributed by atoms with van der Waals surface area (Å²) in [6.07, 6.45) is 1.67. The quantitative estimate of drug-likeness (QED) is 0.535. The predicted molar refractivity (Wildman–Crippen MR) is 116 cm³/mol. The van der Waals surface area contributed by atoms with Crippen molar-refractivity contribution in [2.75, 3.05) is 14.2 Å². The van der Waals surface area contributed by atoms with Crippen LogP contribution in [-0.4, -0.2) is 34.8 Å². The zero-order valence-electron chi connectivity index (χ0n) is 17.7. The van der Waals surface area contributed by atoms with Gasteiger partial charge in [-0.2, -0.15) is 0 Å². The normalized spacial score (nSPS) is 11.0. The highest BCUT2D eigenvalue weighted by atomic mass is 16.5. The summed E-state index contributed by atoms with van der Waals surface area (Å²) in [6.45, 7) is 3.90. The lowest BCUT2D eigenvalue weighted by Gasteiger charge is -2.16. The number of carbonyl (C=O) groups excluding carboxylic acids is 1. The van der Waals surface area contributed by atoms with Gasteiger partial charge in [0.1, 0.15) is 17.1 Å². The van der Waals surface area contributed by atoms with Crippen molar-refractivity contribution in [2.24, 2.45) is 0 Å². The number of benzene rings is 1. The molecule has 8 nitrogen and oxygen atoms in total. The lowest BCUT2D eigenvalue weighted by atomic mass is 9.99. The van der Waals surface area contributed by atoms with Gasteiger partial charge < -0.3 is 19.1 Å². The van der Waals surface area contributed by atoms with Crippen LogP contribution >= 0.6 is 0 Å². The van der Waals surface area contributed by atoms with Crippen molar-refractivity contribution in [2.45, 2.75) is 20.4 Å². The Bertz CT molecular complexity index is 1320. The van der Waals surface area contributed by atoms with Gasteiger partial charge in [0.2, 0.25) is 0 Å². The van der Waals surface area contributed by atoms with E-state index in [1.807, 2.05) is 38.1 Å². The van der Waals surface area contributed by atoms with Crippen molar-refractivity contribution < 1.29 is 14.1 Å². The maximum atomic E-state index is 13.2. The lowest BCUT2D eigenvalue weighted by molar-refractivity contribution is 0.0961. The molecule has 0 radical (unpaired) electrons. The van der Waals surface area contributed by atoms with E-state index in [0.717, 1.165) is 16.8 Å². The number of nitrogens with zero attached hydrogens (tertiary/aromatic N) is 3. The molecule has 0 fully saturated rings.